The topological polar surface area (TPSA) is 81.1 Å². The molecule has 0 aliphatic carbocycles. The van der Waals surface area contributed by atoms with Crippen molar-refractivity contribution in [3.8, 4) is 17.5 Å². The van der Waals surface area contributed by atoms with Gasteiger partial charge < -0.3 is 10.8 Å². The highest BCUT2D eigenvalue weighted by molar-refractivity contribution is 5.84. The minimum atomic E-state index is -1.15. The minimum Gasteiger partial charge on any atom is -0.378 e. The Morgan fingerprint density at radius 2 is 1.85 bits per heavy atom. The number of fused-ring (bicyclic) bond motifs is 1. The monoisotopic (exact) mass is 347 g/mol. The molecule has 0 saturated heterocycles. The third-order valence-electron chi connectivity index (χ3n) is 3.85. The van der Waals surface area contributed by atoms with E-state index in [1.165, 1.54) is 4.57 Å². The van der Waals surface area contributed by atoms with Crippen molar-refractivity contribution in [2.75, 3.05) is 0 Å². The Morgan fingerprint density at radius 1 is 1.15 bits per heavy atom. The van der Waals surface area contributed by atoms with Gasteiger partial charge in [-0.2, -0.15) is 0 Å². The summed E-state index contributed by atoms with van der Waals surface area (Å²) < 4.78 is 1.53. The van der Waals surface area contributed by atoms with Crippen LogP contribution in [0.4, 0.5) is 0 Å². The second kappa shape index (κ2) is 6.75. The third-order valence-corrected chi connectivity index (χ3v) is 3.85. The number of nitrogens with zero attached hydrogens (tertiary/aromatic N) is 2. The highest BCUT2D eigenvalue weighted by Crippen LogP contribution is 2.19. The van der Waals surface area contributed by atoms with Crippen LogP contribution in [-0.4, -0.2) is 20.3 Å². The number of rotatable bonds is 2. The minimum absolute atomic E-state index is 0.228. The molecule has 1 aromatic heterocycles. The number of hydrogen-bond acceptors (Lipinski definition) is 4. The zero-order valence-corrected chi connectivity index (χ0v) is 15.0. The predicted octanol–water partition coefficient (Wildman–Crippen LogP) is 2.53. The Hall–Kier alpha value is -2.94. The van der Waals surface area contributed by atoms with Crippen LogP contribution in [0.3, 0.4) is 0 Å². The van der Waals surface area contributed by atoms with Gasteiger partial charge in [-0.3, -0.25) is 9.36 Å². The molecule has 3 N–H and O–H groups in total. The molecule has 3 aromatic rings. The van der Waals surface area contributed by atoms with Crippen molar-refractivity contribution >= 4 is 10.9 Å². The zero-order chi connectivity index (χ0) is 18.9. The van der Waals surface area contributed by atoms with Crippen LogP contribution in [0, 0.1) is 11.8 Å². The van der Waals surface area contributed by atoms with Gasteiger partial charge in [-0.05, 0) is 45.0 Å². The molecule has 0 fully saturated rings. The maximum absolute atomic E-state index is 13.3. The van der Waals surface area contributed by atoms with Crippen molar-refractivity contribution in [1.29, 1.82) is 0 Å². The van der Waals surface area contributed by atoms with Crippen molar-refractivity contribution in [2.45, 2.75) is 32.4 Å². The second-order valence-corrected chi connectivity index (χ2v) is 6.74. The fraction of sp³-hybridized carbons (Fsp3) is 0.238. The van der Waals surface area contributed by atoms with Gasteiger partial charge in [0.15, 0.2) is 0 Å². The summed E-state index contributed by atoms with van der Waals surface area (Å²) in [6, 6.07) is 14.2. The molecule has 2 aromatic carbocycles. The maximum Gasteiger partial charge on any atom is 0.267 e. The van der Waals surface area contributed by atoms with E-state index in [1.807, 2.05) is 30.3 Å². The summed E-state index contributed by atoms with van der Waals surface area (Å²) in [6.07, 6.45) is 0. The average Bonchev–Trinajstić information content (AvgIpc) is 2.59. The standard InChI is InChI=1S/C21H21N3O2/c1-14(22)19-23-17-11-7-8-15(12-13-21(2,3)26)18(17)20(25)24(19)16-9-5-4-6-10-16/h4-11,14,26H,22H2,1-3H3/t14-/m0/s1. The number of benzene rings is 2. The molecule has 3 rings (SSSR count). The third kappa shape index (κ3) is 3.52. The highest BCUT2D eigenvalue weighted by Gasteiger charge is 2.17. The summed E-state index contributed by atoms with van der Waals surface area (Å²) in [4.78, 5) is 18.0. The van der Waals surface area contributed by atoms with Gasteiger partial charge >= 0.3 is 0 Å². The van der Waals surface area contributed by atoms with Crippen molar-refractivity contribution in [3.05, 3.63) is 70.3 Å². The molecule has 0 spiro atoms. The second-order valence-electron chi connectivity index (χ2n) is 6.74. The van der Waals surface area contributed by atoms with E-state index in [9.17, 15) is 9.90 Å². The first-order chi connectivity index (χ1) is 12.3. The van der Waals surface area contributed by atoms with Crippen LogP contribution in [0.2, 0.25) is 0 Å². The van der Waals surface area contributed by atoms with Crippen LogP contribution >= 0.6 is 0 Å². The first-order valence-electron chi connectivity index (χ1n) is 8.40. The van der Waals surface area contributed by atoms with E-state index < -0.39 is 11.6 Å². The maximum atomic E-state index is 13.3. The molecule has 1 atom stereocenters. The lowest BCUT2D eigenvalue weighted by atomic mass is 10.1. The van der Waals surface area contributed by atoms with Crippen LogP contribution in [0.25, 0.3) is 16.6 Å². The molecule has 26 heavy (non-hydrogen) atoms. The number of aliphatic hydroxyl groups is 1. The molecular weight excluding hydrogens is 326 g/mol. The first-order valence-corrected chi connectivity index (χ1v) is 8.40. The van der Waals surface area contributed by atoms with Gasteiger partial charge in [-0.1, -0.05) is 36.1 Å². The van der Waals surface area contributed by atoms with Crippen molar-refractivity contribution in [2.24, 2.45) is 5.73 Å². The Labute approximate surface area is 152 Å². The van der Waals surface area contributed by atoms with Gasteiger partial charge in [0.2, 0.25) is 0 Å². The molecule has 0 unspecified atom stereocenters. The molecular formula is C21H21N3O2. The molecule has 0 amide bonds. The number of aromatic nitrogens is 2. The summed E-state index contributed by atoms with van der Waals surface area (Å²) in [5, 5.41) is 10.3. The molecule has 132 valence electrons. The lowest BCUT2D eigenvalue weighted by molar-refractivity contribution is 0.143. The first kappa shape index (κ1) is 17.9. The fourth-order valence-corrected chi connectivity index (χ4v) is 2.70. The van der Waals surface area contributed by atoms with Crippen molar-refractivity contribution in [1.82, 2.24) is 9.55 Å². The number of nitrogens with two attached hydrogens (primary N) is 1. The van der Waals surface area contributed by atoms with E-state index in [4.69, 9.17) is 5.73 Å². The molecule has 1 heterocycles. The molecule has 5 heteroatoms. The largest absolute Gasteiger partial charge is 0.378 e. The van der Waals surface area contributed by atoms with Gasteiger partial charge in [-0.15, -0.1) is 0 Å². The Morgan fingerprint density at radius 3 is 2.46 bits per heavy atom. The molecule has 0 aliphatic heterocycles. The molecule has 0 saturated carbocycles. The van der Waals surface area contributed by atoms with E-state index in [2.05, 4.69) is 16.8 Å². The Balaban J connectivity index is 2.40. The SMILES string of the molecule is C[C@H](N)c1nc2cccc(C#CC(C)(C)O)c2c(=O)n1-c1ccccc1. The molecule has 0 aliphatic rings. The molecule has 0 bridgehead atoms. The zero-order valence-electron chi connectivity index (χ0n) is 15.0. The van der Waals surface area contributed by atoms with E-state index in [0.717, 1.165) is 0 Å². The van der Waals surface area contributed by atoms with Crippen LogP contribution in [0.1, 0.15) is 38.2 Å². The average molecular weight is 347 g/mol. The quantitative estimate of drug-likeness (QED) is 0.698. The van der Waals surface area contributed by atoms with Crippen LogP contribution in [-0.2, 0) is 0 Å². The summed E-state index contributed by atoms with van der Waals surface area (Å²) in [6.45, 7) is 4.99. The van der Waals surface area contributed by atoms with E-state index >= 15 is 0 Å². The van der Waals surface area contributed by atoms with Gasteiger partial charge in [0.1, 0.15) is 11.4 Å². The fourth-order valence-electron chi connectivity index (χ4n) is 2.70. The van der Waals surface area contributed by atoms with Crippen LogP contribution < -0.4 is 11.3 Å². The summed E-state index contributed by atoms with van der Waals surface area (Å²) in [7, 11) is 0. The summed E-state index contributed by atoms with van der Waals surface area (Å²) in [5.74, 6) is 6.16. The van der Waals surface area contributed by atoms with Gasteiger partial charge in [0.05, 0.1) is 22.6 Å². The van der Waals surface area contributed by atoms with Crippen LogP contribution in [0.5, 0.6) is 0 Å². The van der Waals surface area contributed by atoms with E-state index in [0.29, 0.717) is 28.0 Å². The smallest absolute Gasteiger partial charge is 0.267 e. The molecule has 5 nitrogen and oxygen atoms in total. The van der Waals surface area contributed by atoms with E-state index in [-0.39, 0.29) is 5.56 Å². The Bertz CT molecular complexity index is 1070. The number of para-hydroxylation sites is 1. The Kier molecular flexibility index (Phi) is 4.64. The summed E-state index contributed by atoms with van der Waals surface area (Å²) in [5.41, 5.74) is 6.47. The van der Waals surface area contributed by atoms with Gasteiger partial charge in [-0.25, -0.2) is 4.98 Å². The lowest BCUT2D eigenvalue weighted by Gasteiger charge is -2.16. The van der Waals surface area contributed by atoms with Crippen LogP contribution in [0.15, 0.2) is 53.3 Å². The van der Waals surface area contributed by atoms with E-state index in [1.54, 1.807) is 39.0 Å². The number of hydrogen-bond donors (Lipinski definition) is 2. The molecule has 0 radical (unpaired) electrons. The van der Waals surface area contributed by atoms with Gasteiger partial charge in [0, 0.05) is 5.56 Å². The highest BCUT2D eigenvalue weighted by atomic mass is 16.3. The van der Waals surface area contributed by atoms with Gasteiger partial charge in [0.25, 0.3) is 5.56 Å². The normalized spacial score (nSPS) is 12.5. The predicted molar refractivity (Wildman–Crippen MR) is 103 cm³/mol. The van der Waals surface area contributed by atoms with Crippen molar-refractivity contribution in [3.63, 3.8) is 0 Å². The van der Waals surface area contributed by atoms with Crippen molar-refractivity contribution < 1.29 is 5.11 Å². The summed E-state index contributed by atoms with van der Waals surface area (Å²) >= 11 is 0. The lowest BCUT2D eigenvalue weighted by Crippen LogP contribution is -2.28.